The maximum Gasteiger partial charge on any atom is 0.230 e. The fraction of sp³-hybridized carbons (Fsp3) is 0.769. The predicted octanol–water partition coefficient (Wildman–Crippen LogP) is 1.80. The number of nitrogens with one attached hydrogen (secondary N) is 1. The summed E-state index contributed by atoms with van der Waals surface area (Å²) in [6.07, 6.45) is 2.73. The first-order valence-electron chi connectivity index (χ1n) is 5.95. The second-order valence-electron chi connectivity index (χ2n) is 5.86. The van der Waals surface area contributed by atoms with E-state index in [1.54, 1.807) is 6.08 Å². The second-order valence-corrected chi connectivity index (χ2v) is 5.86. The summed E-state index contributed by atoms with van der Waals surface area (Å²) in [6, 6.07) is 0. The average Bonchev–Trinajstić information content (AvgIpc) is 2.60. The molecule has 1 amide bonds. The number of amides is 1. The molecular weight excluding hydrogens is 200 g/mol. The van der Waals surface area contributed by atoms with Gasteiger partial charge in [-0.3, -0.25) is 4.79 Å². The maximum absolute atomic E-state index is 12.5. The van der Waals surface area contributed by atoms with Crippen LogP contribution >= 0.6 is 0 Å². The highest BCUT2D eigenvalue weighted by Gasteiger charge is 2.41. The van der Waals surface area contributed by atoms with Gasteiger partial charge >= 0.3 is 0 Å². The van der Waals surface area contributed by atoms with E-state index >= 15 is 0 Å². The van der Waals surface area contributed by atoms with Gasteiger partial charge in [-0.05, 0) is 40.7 Å². The highest BCUT2D eigenvalue weighted by molar-refractivity contribution is 5.83. The lowest BCUT2D eigenvalue weighted by molar-refractivity contribution is -0.144. The molecule has 1 atom stereocenters. The molecule has 16 heavy (non-hydrogen) atoms. The largest absolute Gasteiger partial charge is 0.334 e. The zero-order valence-electron chi connectivity index (χ0n) is 11.0. The number of carbonyl (C=O) groups excluding carboxylic acids is 1. The summed E-state index contributed by atoms with van der Waals surface area (Å²) in [4.78, 5) is 14.5. The molecule has 1 aliphatic heterocycles. The monoisotopic (exact) mass is 224 g/mol. The zero-order chi connectivity index (χ0) is 12.4. The van der Waals surface area contributed by atoms with Crippen molar-refractivity contribution in [3.05, 3.63) is 12.7 Å². The molecule has 0 aromatic carbocycles. The Hall–Kier alpha value is -0.830. The highest BCUT2D eigenvalue weighted by atomic mass is 16.2. The van der Waals surface area contributed by atoms with Gasteiger partial charge in [-0.1, -0.05) is 6.08 Å². The first kappa shape index (κ1) is 13.2. The molecule has 1 saturated heterocycles. The second kappa shape index (κ2) is 4.58. The Balaban J connectivity index is 2.86. The first-order valence-corrected chi connectivity index (χ1v) is 5.95. The van der Waals surface area contributed by atoms with Gasteiger partial charge in [-0.25, -0.2) is 0 Å². The SMILES string of the molecule is C=CCN(C(=O)C1(C)CCNC1)C(C)(C)C. The van der Waals surface area contributed by atoms with Crippen molar-refractivity contribution in [1.29, 1.82) is 0 Å². The Bertz CT molecular complexity index is 272. The lowest BCUT2D eigenvalue weighted by atomic mass is 9.86. The summed E-state index contributed by atoms with van der Waals surface area (Å²) in [5.41, 5.74) is -0.382. The molecule has 92 valence electrons. The molecule has 1 aliphatic rings. The summed E-state index contributed by atoms with van der Waals surface area (Å²) in [6.45, 7) is 14.3. The van der Waals surface area contributed by atoms with Crippen molar-refractivity contribution in [1.82, 2.24) is 10.2 Å². The van der Waals surface area contributed by atoms with Crippen LogP contribution in [0.5, 0.6) is 0 Å². The molecule has 1 rings (SSSR count). The first-order chi connectivity index (χ1) is 7.31. The lowest BCUT2D eigenvalue weighted by Crippen LogP contribution is -2.52. The van der Waals surface area contributed by atoms with E-state index in [1.165, 1.54) is 0 Å². The standard InChI is InChI=1S/C13H24N2O/c1-6-9-15(12(2,3)4)11(16)13(5)7-8-14-10-13/h6,14H,1,7-10H2,2-5H3. The van der Waals surface area contributed by atoms with Gasteiger partial charge in [0.2, 0.25) is 5.91 Å². The van der Waals surface area contributed by atoms with Gasteiger partial charge < -0.3 is 10.2 Å². The fourth-order valence-corrected chi connectivity index (χ4v) is 2.12. The highest BCUT2D eigenvalue weighted by Crippen LogP contribution is 2.30. The summed E-state index contributed by atoms with van der Waals surface area (Å²) >= 11 is 0. The lowest BCUT2D eigenvalue weighted by Gasteiger charge is -2.39. The quantitative estimate of drug-likeness (QED) is 0.741. The van der Waals surface area contributed by atoms with Crippen molar-refractivity contribution in [2.75, 3.05) is 19.6 Å². The third-order valence-corrected chi connectivity index (χ3v) is 3.25. The molecular formula is C13H24N2O. The van der Waals surface area contributed by atoms with Crippen molar-refractivity contribution < 1.29 is 4.79 Å². The van der Waals surface area contributed by atoms with Crippen LogP contribution in [0.2, 0.25) is 0 Å². The van der Waals surface area contributed by atoms with Crippen LogP contribution in [0.15, 0.2) is 12.7 Å². The normalized spacial score (nSPS) is 25.5. The van der Waals surface area contributed by atoms with Crippen LogP contribution in [0, 0.1) is 5.41 Å². The van der Waals surface area contributed by atoms with E-state index in [2.05, 4.69) is 39.6 Å². The van der Waals surface area contributed by atoms with Crippen molar-refractivity contribution in [3.8, 4) is 0 Å². The molecule has 1 heterocycles. The third kappa shape index (κ3) is 2.64. The molecule has 0 saturated carbocycles. The molecule has 0 aromatic rings. The average molecular weight is 224 g/mol. The van der Waals surface area contributed by atoms with Crippen LogP contribution in [-0.2, 0) is 4.79 Å². The molecule has 0 aromatic heterocycles. The van der Waals surface area contributed by atoms with E-state index in [0.717, 1.165) is 19.5 Å². The Morgan fingerprint density at radius 2 is 2.19 bits per heavy atom. The minimum atomic E-state index is -0.240. The van der Waals surface area contributed by atoms with Gasteiger partial charge in [-0.15, -0.1) is 6.58 Å². The van der Waals surface area contributed by atoms with Crippen LogP contribution in [0.1, 0.15) is 34.1 Å². The van der Waals surface area contributed by atoms with Gasteiger partial charge in [0.25, 0.3) is 0 Å². The van der Waals surface area contributed by atoms with Crippen LogP contribution in [0.25, 0.3) is 0 Å². The summed E-state index contributed by atoms with van der Waals surface area (Å²) in [5, 5.41) is 3.27. The smallest absolute Gasteiger partial charge is 0.230 e. The molecule has 3 heteroatoms. The number of carbonyl (C=O) groups is 1. The van der Waals surface area contributed by atoms with Gasteiger partial charge in [0, 0.05) is 18.6 Å². The molecule has 0 bridgehead atoms. The van der Waals surface area contributed by atoms with Crippen LogP contribution < -0.4 is 5.32 Å². The van der Waals surface area contributed by atoms with E-state index in [4.69, 9.17) is 0 Å². The Kier molecular flexibility index (Phi) is 3.79. The number of hydrogen-bond acceptors (Lipinski definition) is 2. The Morgan fingerprint density at radius 1 is 1.56 bits per heavy atom. The summed E-state index contributed by atoms with van der Waals surface area (Å²) < 4.78 is 0. The molecule has 0 spiro atoms. The topological polar surface area (TPSA) is 32.3 Å². The van der Waals surface area contributed by atoms with E-state index < -0.39 is 0 Å². The van der Waals surface area contributed by atoms with E-state index in [1.807, 2.05) is 4.90 Å². The maximum atomic E-state index is 12.5. The van der Waals surface area contributed by atoms with Crippen molar-refractivity contribution in [3.63, 3.8) is 0 Å². The molecule has 0 radical (unpaired) electrons. The van der Waals surface area contributed by atoms with Crippen LogP contribution in [-0.4, -0.2) is 36.0 Å². The van der Waals surface area contributed by atoms with Crippen molar-refractivity contribution in [2.24, 2.45) is 5.41 Å². The molecule has 1 fully saturated rings. The van der Waals surface area contributed by atoms with Gasteiger partial charge in [0.05, 0.1) is 5.41 Å². The van der Waals surface area contributed by atoms with Gasteiger partial charge in [0.1, 0.15) is 0 Å². The number of hydrogen-bond donors (Lipinski definition) is 1. The fourth-order valence-electron chi connectivity index (χ4n) is 2.12. The van der Waals surface area contributed by atoms with Crippen LogP contribution in [0.4, 0.5) is 0 Å². The van der Waals surface area contributed by atoms with E-state index in [-0.39, 0.29) is 16.9 Å². The van der Waals surface area contributed by atoms with Crippen LogP contribution in [0.3, 0.4) is 0 Å². The summed E-state index contributed by atoms with van der Waals surface area (Å²) in [5.74, 6) is 0.241. The minimum absolute atomic E-state index is 0.142. The Morgan fingerprint density at radius 3 is 2.56 bits per heavy atom. The number of nitrogens with zero attached hydrogens (tertiary/aromatic N) is 1. The molecule has 1 N–H and O–H groups in total. The molecule has 1 unspecified atom stereocenters. The van der Waals surface area contributed by atoms with Gasteiger partial charge in [-0.2, -0.15) is 0 Å². The molecule has 3 nitrogen and oxygen atoms in total. The van der Waals surface area contributed by atoms with Gasteiger partial charge in [0.15, 0.2) is 0 Å². The molecule has 0 aliphatic carbocycles. The predicted molar refractivity (Wildman–Crippen MR) is 67.3 cm³/mol. The Labute approximate surface area is 98.9 Å². The van der Waals surface area contributed by atoms with Crippen molar-refractivity contribution >= 4 is 5.91 Å². The van der Waals surface area contributed by atoms with E-state index in [0.29, 0.717) is 6.54 Å². The minimum Gasteiger partial charge on any atom is -0.334 e. The third-order valence-electron chi connectivity index (χ3n) is 3.25. The summed E-state index contributed by atoms with van der Waals surface area (Å²) in [7, 11) is 0. The zero-order valence-corrected chi connectivity index (χ0v) is 11.0. The van der Waals surface area contributed by atoms with Crippen molar-refractivity contribution in [2.45, 2.75) is 39.7 Å². The van der Waals surface area contributed by atoms with E-state index in [9.17, 15) is 4.79 Å². The number of rotatable bonds is 3.